The van der Waals surface area contributed by atoms with Gasteiger partial charge in [0.25, 0.3) is 0 Å². The fraction of sp³-hybridized carbons (Fsp3) is 0.458. The minimum Gasteiger partial charge on any atom is -0.360 e. The first-order chi connectivity index (χ1) is 14.9. The number of aryl methyl sites for hydroxylation is 1. The van der Waals surface area contributed by atoms with Gasteiger partial charge in [-0.3, -0.25) is 9.59 Å². The molecular weight excluding hydrogens is 392 g/mol. The predicted octanol–water partition coefficient (Wildman–Crippen LogP) is 2.56. The number of nitrogens with zero attached hydrogens (tertiary/aromatic N) is 2. The summed E-state index contributed by atoms with van der Waals surface area (Å²) in [6.45, 7) is 11.3. The summed E-state index contributed by atoms with van der Waals surface area (Å²) in [5.74, 6) is 0.489. The molecule has 0 saturated heterocycles. The van der Waals surface area contributed by atoms with E-state index in [1.807, 2.05) is 37.3 Å². The highest BCUT2D eigenvalue weighted by atomic mass is 16.5. The van der Waals surface area contributed by atoms with Gasteiger partial charge in [0.2, 0.25) is 11.8 Å². The molecule has 0 saturated carbocycles. The van der Waals surface area contributed by atoms with E-state index in [2.05, 4.69) is 24.3 Å². The smallest absolute Gasteiger partial charge is 0.247 e. The van der Waals surface area contributed by atoms with Crippen LogP contribution in [0.3, 0.4) is 0 Å². The number of benzene rings is 1. The van der Waals surface area contributed by atoms with Gasteiger partial charge in [0, 0.05) is 18.2 Å². The number of amides is 2. The molecule has 1 heterocycles. The lowest BCUT2D eigenvalue weighted by Crippen LogP contribution is -3.11. The molecule has 2 N–H and O–H groups in total. The first-order valence-corrected chi connectivity index (χ1v) is 11.0. The van der Waals surface area contributed by atoms with Crippen LogP contribution in [0, 0.1) is 6.92 Å². The Balaban J connectivity index is 2.04. The van der Waals surface area contributed by atoms with Gasteiger partial charge in [-0.1, -0.05) is 35.5 Å². The molecule has 1 aromatic heterocycles. The molecule has 7 heteroatoms. The maximum atomic E-state index is 13.0. The van der Waals surface area contributed by atoms with Crippen molar-refractivity contribution in [1.29, 1.82) is 0 Å². The molecule has 0 aliphatic rings. The lowest BCUT2D eigenvalue weighted by atomic mass is 10.1. The van der Waals surface area contributed by atoms with Crippen molar-refractivity contribution in [1.82, 2.24) is 10.1 Å². The topological polar surface area (TPSA) is 79.9 Å². The highest BCUT2D eigenvalue weighted by Crippen LogP contribution is 2.11. The lowest BCUT2D eigenvalue weighted by Gasteiger charge is -2.28. The number of quaternary nitrogens is 1. The fourth-order valence-corrected chi connectivity index (χ4v) is 3.45. The van der Waals surface area contributed by atoms with Crippen LogP contribution in [0.15, 0.2) is 47.0 Å². The molecule has 31 heavy (non-hydrogen) atoms. The standard InChI is InChI=1S/C24H34N4O3/c1-5-27(6-2)16-10-11-19(3)28(18-23(29)25-22-17-20(4)31-26-22)24(30)15-14-21-12-8-7-9-13-21/h7-9,12-15,17,19H,5-6,10-11,16,18H2,1-4H3,(H,25,26,29)/p+1/b15-14+/t19-/m0/s1. The zero-order valence-corrected chi connectivity index (χ0v) is 19.1. The molecule has 0 fully saturated rings. The molecule has 2 amide bonds. The summed E-state index contributed by atoms with van der Waals surface area (Å²) in [6, 6.07) is 11.2. The highest BCUT2D eigenvalue weighted by Gasteiger charge is 2.22. The maximum absolute atomic E-state index is 13.0. The first-order valence-electron chi connectivity index (χ1n) is 11.0. The summed E-state index contributed by atoms with van der Waals surface area (Å²) < 4.78 is 4.99. The van der Waals surface area contributed by atoms with Crippen LogP contribution < -0.4 is 10.2 Å². The van der Waals surface area contributed by atoms with E-state index in [-0.39, 0.29) is 24.4 Å². The fourth-order valence-electron chi connectivity index (χ4n) is 3.45. The second-order valence-corrected chi connectivity index (χ2v) is 7.78. The Kier molecular flexibility index (Phi) is 9.97. The molecule has 7 nitrogen and oxygen atoms in total. The number of anilines is 1. The molecule has 0 aliphatic heterocycles. The Hall–Kier alpha value is -2.93. The molecule has 1 atom stereocenters. The maximum Gasteiger partial charge on any atom is 0.247 e. The van der Waals surface area contributed by atoms with Crippen molar-refractivity contribution < 1.29 is 19.0 Å². The Morgan fingerprint density at radius 2 is 1.94 bits per heavy atom. The van der Waals surface area contributed by atoms with Crippen LogP contribution in [-0.2, 0) is 9.59 Å². The zero-order valence-electron chi connectivity index (χ0n) is 19.1. The van der Waals surface area contributed by atoms with Crippen molar-refractivity contribution >= 4 is 23.7 Å². The largest absolute Gasteiger partial charge is 0.360 e. The van der Waals surface area contributed by atoms with Crippen LogP contribution >= 0.6 is 0 Å². The Morgan fingerprint density at radius 1 is 1.23 bits per heavy atom. The van der Waals surface area contributed by atoms with Crippen LogP contribution in [0.2, 0.25) is 0 Å². The average molecular weight is 428 g/mol. The quantitative estimate of drug-likeness (QED) is 0.510. The molecule has 0 unspecified atom stereocenters. The minimum absolute atomic E-state index is 0.0385. The summed E-state index contributed by atoms with van der Waals surface area (Å²) in [6.07, 6.45) is 5.15. The molecule has 1 aromatic carbocycles. The Labute approximate surface area is 185 Å². The zero-order chi connectivity index (χ0) is 22.6. The van der Waals surface area contributed by atoms with Crippen molar-refractivity contribution in [3.63, 3.8) is 0 Å². The van der Waals surface area contributed by atoms with Crippen LogP contribution in [-0.4, -0.2) is 54.1 Å². The number of carbonyl (C=O) groups is 2. The molecule has 0 spiro atoms. The van der Waals surface area contributed by atoms with E-state index in [0.29, 0.717) is 11.6 Å². The van der Waals surface area contributed by atoms with Crippen LogP contribution in [0.25, 0.3) is 6.08 Å². The number of aromatic nitrogens is 1. The molecule has 2 rings (SSSR count). The summed E-state index contributed by atoms with van der Waals surface area (Å²) in [4.78, 5) is 28.7. The van der Waals surface area contributed by atoms with E-state index in [9.17, 15) is 9.59 Å². The van der Waals surface area contributed by atoms with E-state index >= 15 is 0 Å². The third-order valence-electron chi connectivity index (χ3n) is 5.39. The van der Waals surface area contributed by atoms with E-state index in [1.165, 1.54) is 11.0 Å². The normalized spacial score (nSPS) is 12.3. The van der Waals surface area contributed by atoms with Crippen LogP contribution in [0.4, 0.5) is 5.82 Å². The summed E-state index contributed by atoms with van der Waals surface area (Å²) >= 11 is 0. The minimum atomic E-state index is -0.295. The van der Waals surface area contributed by atoms with Gasteiger partial charge >= 0.3 is 0 Å². The number of hydrogen-bond donors (Lipinski definition) is 2. The van der Waals surface area contributed by atoms with E-state index in [4.69, 9.17) is 4.52 Å². The van der Waals surface area contributed by atoms with Crippen molar-refractivity contribution in [2.24, 2.45) is 0 Å². The van der Waals surface area contributed by atoms with Gasteiger partial charge in [-0.15, -0.1) is 0 Å². The van der Waals surface area contributed by atoms with E-state index < -0.39 is 0 Å². The van der Waals surface area contributed by atoms with Gasteiger partial charge < -0.3 is 19.6 Å². The molecule has 0 aliphatic carbocycles. The molecule has 0 radical (unpaired) electrons. The second kappa shape index (κ2) is 12.7. The van der Waals surface area contributed by atoms with Gasteiger partial charge in [-0.2, -0.15) is 0 Å². The third kappa shape index (κ3) is 8.38. The van der Waals surface area contributed by atoms with Crippen molar-refractivity contribution in [3.05, 3.63) is 53.8 Å². The number of nitrogens with one attached hydrogen (secondary N) is 2. The van der Waals surface area contributed by atoms with Crippen LogP contribution in [0.1, 0.15) is 44.9 Å². The van der Waals surface area contributed by atoms with Gasteiger partial charge in [0.15, 0.2) is 5.82 Å². The summed E-state index contributed by atoms with van der Waals surface area (Å²) in [5.41, 5.74) is 0.941. The summed E-state index contributed by atoms with van der Waals surface area (Å²) in [5, 5.41) is 6.49. The van der Waals surface area contributed by atoms with Gasteiger partial charge in [-0.05, 0) is 52.2 Å². The van der Waals surface area contributed by atoms with E-state index in [1.54, 1.807) is 24.0 Å². The number of carbonyl (C=O) groups excluding carboxylic acids is 2. The van der Waals surface area contributed by atoms with Crippen molar-refractivity contribution in [2.45, 2.75) is 46.6 Å². The van der Waals surface area contributed by atoms with E-state index in [0.717, 1.165) is 38.0 Å². The monoisotopic (exact) mass is 427 g/mol. The average Bonchev–Trinajstić information content (AvgIpc) is 3.18. The third-order valence-corrected chi connectivity index (χ3v) is 5.39. The SMILES string of the molecule is CC[NH+](CC)CCC[C@H](C)N(CC(=O)Nc1cc(C)on1)C(=O)/C=C/c1ccccc1. The Morgan fingerprint density at radius 3 is 2.55 bits per heavy atom. The lowest BCUT2D eigenvalue weighted by molar-refractivity contribution is -0.896. The first kappa shape index (κ1) is 24.3. The van der Waals surface area contributed by atoms with Crippen molar-refractivity contribution in [2.75, 3.05) is 31.5 Å². The second-order valence-electron chi connectivity index (χ2n) is 7.78. The highest BCUT2D eigenvalue weighted by molar-refractivity contribution is 5.97. The van der Waals surface area contributed by atoms with Crippen molar-refractivity contribution in [3.8, 4) is 0 Å². The molecule has 2 aromatic rings. The van der Waals surface area contributed by atoms with Gasteiger partial charge in [0.05, 0.1) is 19.6 Å². The van der Waals surface area contributed by atoms with Gasteiger partial charge in [0.1, 0.15) is 12.3 Å². The number of hydrogen-bond acceptors (Lipinski definition) is 4. The Bertz CT molecular complexity index is 844. The molecular formula is C24H35N4O3+. The predicted molar refractivity (Wildman–Crippen MR) is 123 cm³/mol. The van der Waals surface area contributed by atoms with Gasteiger partial charge in [-0.25, -0.2) is 0 Å². The molecule has 168 valence electrons. The van der Waals surface area contributed by atoms with Crippen LogP contribution in [0.5, 0.6) is 0 Å². The molecule has 0 bridgehead atoms. The summed E-state index contributed by atoms with van der Waals surface area (Å²) in [7, 11) is 0. The number of rotatable bonds is 12.